The molecule has 2 aliphatic rings. The molecule has 1 spiro atoms. The standard InChI is InChI=1S/C21H22FN3O2S/c1-15-5-4-6-16(13-15)25-19(26)14-28-21(25)9-11-24(12-10-21)20(27)23-18-8-3-2-7-17(18)22/h2-8,13H,9-12,14H2,1H3,(H,23,27). The normalized spacial score (nSPS) is 18.6. The number of carbonyl (C=O) groups is 2. The molecule has 7 heteroatoms. The van der Waals surface area contributed by atoms with E-state index in [1.165, 1.54) is 6.07 Å². The fourth-order valence-corrected chi connectivity index (χ4v) is 5.21. The molecule has 2 saturated heterocycles. The number of anilines is 2. The molecule has 0 aromatic heterocycles. The van der Waals surface area contributed by atoms with E-state index in [1.54, 1.807) is 34.9 Å². The van der Waals surface area contributed by atoms with Gasteiger partial charge in [0.15, 0.2) is 0 Å². The van der Waals surface area contributed by atoms with Crippen molar-refractivity contribution in [2.75, 3.05) is 29.1 Å². The number of nitrogens with one attached hydrogen (secondary N) is 1. The Balaban J connectivity index is 1.47. The molecule has 0 atom stereocenters. The molecule has 2 fully saturated rings. The Labute approximate surface area is 167 Å². The third-order valence-electron chi connectivity index (χ3n) is 5.33. The third-order valence-corrected chi connectivity index (χ3v) is 6.85. The minimum atomic E-state index is -0.452. The first-order chi connectivity index (χ1) is 13.5. The number of thioether (sulfide) groups is 1. The number of likely N-dealkylation sites (tertiary alicyclic amines) is 1. The number of piperidine rings is 1. The maximum absolute atomic E-state index is 13.8. The highest BCUT2D eigenvalue weighted by atomic mass is 32.2. The van der Waals surface area contributed by atoms with Crippen LogP contribution in [-0.4, -0.2) is 40.6 Å². The molecular weight excluding hydrogens is 377 g/mol. The van der Waals surface area contributed by atoms with Crippen molar-refractivity contribution in [1.29, 1.82) is 0 Å². The summed E-state index contributed by atoms with van der Waals surface area (Å²) in [4.78, 5) is 28.5. The zero-order valence-electron chi connectivity index (χ0n) is 15.7. The van der Waals surface area contributed by atoms with Gasteiger partial charge in [-0.05, 0) is 49.6 Å². The van der Waals surface area contributed by atoms with Crippen LogP contribution in [0.1, 0.15) is 18.4 Å². The lowest BCUT2D eigenvalue weighted by Gasteiger charge is -2.44. The zero-order chi connectivity index (χ0) is 19.7. The number of hydrogen-bond donors (Lipinski definition) is 1. The van der Waals surface area contributed by atoms with Crippen molar-refractivity contribution in [1.82, 2.24) is 4.90 Å². The predicted molar refractivity (Wildman–Crippen MR) is 110 cm³/mol. The van der Waals surface area contributed by atoms with Crippen LogP contribution in [0.25, 0.3) is 0 Å². The van der Waals surface area contributed by atoms with Gasteiger partial charge in [-0.1, -0.05) is 24.3 Å². The lowest BCUT2D eigenvalue weighted by molar-refractivity contribution is -0.116. The molecule has 3 amide bonds. The first-order valence-corrected chi connectivity index (χ1v) is 10.3. The number of amides is 3. The number of hydrogen-bond acceptors (Lipinski definition) is 3. The summed E-state index contributed by atoms with van der Waals surface area (Å²) in [5, 5.41) is 2.64. The van der Waals surface area contributed by atoms with Gasteiger partial charge >= 0.3 is 6.03 Å². The Morgan fingerprint density at radius 3 is 2.61 bits per heavy atom. The molecule has 0 saturated carbocycles. The van der Waals surface area contributed by atoms with Crippen molar-refractivity contribution in [3.63, 3.8) is 0 Å². The molecule has 0 unspecified atom stereocenters. The molecule has 5 nitrogen and oxygen atoms in total. The number of urea groups is 1. The van der Waals surface area contributed by atoms with Crippen LogP contribution < -0.4 is 10.2 Å². The quantitative estimate of drug-likeness (QED) is 0.822. The van der Waals surface area contributed by atoms with Crippen LogP contribution in [0.4, 0.5) is 20.6 Å². The Morgan fingerprint density at radius 1 is 1.14 bits per heavy atom. The van der Waals surface area contributed by atoms with Gasteiger partial charge in [0.25, 0.3) is 0 Å². The van der Waals surface area contributed by atoms with Crippen molar-refractivity contribution in [2.45, 2.75) is 24.6 Å². The molecular formula is C21H22FN3O2S. The fourth-order valence-electron chi connectivity index (χ4n) is 3.88. The second-order valence-corrected chi connectivity index (χ2v) is 8.54. The molecule has 2 aromatic rings. The molecule has 0 radical (unpaired) electrons. The summed E-state index contributed by atoms with van der Waals surface area (Å²) < 4.78 is 13.8. The van der Waals surface area contributed by atoms with Gasteiger partial charge < -0.3 is 10.2 Å². The fraction of sp³-hybridized carbons (Fsp3) is 0.333. The predicted octanol–water partition coefficient (Wildman–Crippen LogP) is 4.24. The number of nitrogens with zero attached hydrogens (tertiary/aromatic N) is 2. The minimum absolute atomic E-state index is 0.111. The highest BCUT2D eigenvalue weighted by Gasteiger charge is 2.49. The largest absolute Gasteiger partial charge is 0.324 e. The van der Waals surface area contributed by atoms with Gasteiger partial charge in [-0.3, -0.25) is 9.69 Å². The van der Waals surface area contributed by atoms with E-state index < -0.39 is 5.82 Å². The third kappa shape index (κ3) is 3.46. The van der Waals surface area contributed by atoms with Gasteiger partial charge in [-0.15, -0.1) is 11.8 Å². The molecule has 28 heavy (non-hydrogen) atoms. The minimum Gasteiger partial charge on any atom is -0.324 e. The van der Waals surface area contributed by atoms with Crippen LogP contribution in [0.2, 0.25) is 0 Å². The molecule has 0 aliphatic carbocycles. The average Bonchev–Trinajstić information content (AvgIpc) is 3.00. The van der Waals surface area contributed by atoms with Crippen LogP contribution >= 0.6 is 11.8 Å². The second-order valence-electron chi connectivity index (χ2n) is 7.20. The van der Waals surface area contributed by atoms with Crippen molar-refractivity contribution in [3.8, 4) is 0 Å². The summed E-state index contributed by atoms with van der Waals surface area (Å²) in [5.74, 6) is 0.113. The second kappa shape index (κ2) is 7.47. The number of benzene rings is 2. The van der Waals surface area contributed by atoms with Crippen LogP contribution in [0.3, 0.4) is 0 Å². The maximum Gasteiger partial charge on any atom is 0.321 e. The van der Waals surface area contributed by atoms with Gasteiger partial charge in [0, 0.05) is 18.8 Å². The summed E-state index contributed by atoms with van der Waals surface area (Å²) in [6.45, 7) is 3.05. The van der Waals surface area contributed by atoms with Crippen molar-refractivity contribution in [3.05, 3.63) is 59.9 Å². The van der Waals surface area contributed by atoms with Crippen LogP contribution in [0.5, 0.6) is 0 Å². The van der Waals surface area contributed by atoms with Gasteiger partial charge in [-0.25, -0.2) is 9.18 Å². The van der Waals surface area contributed by atoms with Crippen LogP contribution in [0.15, 0.2) is 48.5 Å². The van der Waals surface area contributed by atoms with Crippen molar-refractivity contribution in [2.24, 2.45) is 0 Å². The van der Waals surface area contributed by atoms with Crippen molar-refractivity contribution >= 4 is 35.1 Å². The van der Waals surface area contributed by atoms with Crippen LogP contribution in [0, 0.1) is 12.7 Å². The highest BCUT2D eigenvalue weighted by Crippen LogP contribution is 2.46. The van der Waals surface area contributed by atoms with Gasteiger partial charge in [0.05, 0.1) is 16.3 Å². The molecule has 146 valence electrons. The van der Waals surface area contributed by atoms with E-state index in [0.29, 0.717) is 31.7 Å². The summed E-state index contributed by atoms with van der Waals surface area (Å²) in [6, 6.07) is 13.8. The Bertz CT molecular complexity index is 912. The zero-order valence-corrected chi connectivity index (χ0v) is 16.5. The van der Waals surface area contributed by atoms with Gasteiger partial charge in [0.2, 0.25) is 5.91 Å². The number of halogens is 1. The molecule has 1 N–H and O–H groups in total. The number of carbonyl (C=O) groups excluding carboxylic acids is 2. The monoisotopic (exact) mass is 399 g/mol. The first kappa shape index (κ1) is 18.8. The lowest BCUT2D eigenvalue weighted by Crippen LogP contribution is -2.53. The van der Waals surface area contributed by atoms with E-state index in [2.05, 4.69) is 5.32 Å². The Morgan fingerprint density at radius 2 is 1.89 bits per heavy atom. The maximum atomic E-state index is 13.8. The van der Waals surface area contributed by atoms with E-state index in [4.69, 9.17) is 0 Å². The molecule has 2 heterocycles. The topological polar surface area (TPSA) is 52.7 Å². The van der Waals surface area contributed by atoms with E-state index in [9.17, 15) is 14.0 Å². The SMILES string of the molecule is Cc1cccc(N2C(=O)CSC23CCN(C(=O)Nc2ccccc2F)CC3)c1. The van der Waals surface area contributed by atoms with Crippen LogP contribution in [-0.2, 0) is 4.79 Å². The number of para-hydroxylation sites is 1. The van der Waals surface area contributed by atoms with Crippen molar-refractivity contribution < 1.29 is 14.0 Å². The number of aryl methyl sites for hydroxylation is 1. The summed E-state index contributed by atoms with van der Waals surface area (Å²) >= 11 is 1.66. The van der Waals surface area contributed by atoms with Gasteiger partial charge in [-0.2, -0.15) is 0 Å². The summed E-state index contributed by atoms with van der Waals surface area (Å²) in [5.41, 5.74) is 2.21. The summed E-state index contributed by atoms with van der Waals surface area (Å²) in [7, 11) is 0. The molecule has 2 aliphatic heterocycles. The lowest BCUT2D eigenvalue weighted by atomic mass is 10.0. The highest BCUT2D eigenvalue weighted by molar-refractivity contribution is 8.02. The van der Waals surface area contributed by atoms with Gasteiger partial charge in [0.1, 0.15) is 5.82 Å². The smallest absolute Gasteiger partial charge is 0.321 e. The van der Waals surface area contributed by atoms with E-state index in [-0.39, 0.29) is 22.5 Å². The Kier molecular flexibility index (Phi) is 5.02. The molecule has 2 aromatic carbocycles. The average molecular weight is 399 g/mol. The Hall–Kier alpha value is -2.54. The van der Waals surface area contributed by atoms with E-state index in [1.807, 2.05) is 36.1 Å². The van der Waals surface area contributed by atoms with E-state index in [0.717, 1.165) is 11.3 Å². The molecule has 0 bridgehead atoms. The molecule has 4 rings (SSSR count). The first-order valence-electron chi connectivity index (χ1n) is 9.33. The summed E-state index contributed by atoms with van der Waals surface area (Å²) in [6.07, 6.45) is 1.37. The van der Waals surface area contributed by atoms with E-state index >= 15 is 0 Å². The number of rotatable bonds is 2.